The Morgan fingerprint density at radius 1 is 1.64 bits per heavy atom. The number of nitrogens with zero attached hydrogens (tertiary/aromatic N) is 3. The van der Waals surface area contributed by atoms with Crippen molar-refractivity contribution in [2.75, 3.05) is 0 Å². The van der Waals surface area contributed by atoms with Crippen molar-refractivity contribution in [2.24, 2.45) is 15.0 Å². The van der Waals surface area contributed by atoms with Crippen LogP contribution in [0.1, 0.15) is 0 Å². The van der Waals surface area contributed by atoms with Crippen molar-refractivity contribution < 1.29 is 4.79 Å². The van der Waals surface area contributed by atoms with Gasteiger partial charge in [-0.3, -0.25) is 10.1 Å². The monoisotopic (exact) mass is 214 g/mol. The van der Waals surface area contributed by atoms with Crippen LogP contribution in [-0.2, 0) is 4.79 Å². The van der Waals surface area contributed by atoms with E-state index in [9.17, 15) is 4.79 Å². The molecule has 0 bridgehead atoms. The Kier molecular flexibility index (Phi) is 1.35. The standard InChI is InChI=1S/C5H3BrN4O/c6-5-9-3-2(4(11)10-5)7-1-8-3/h1,3H,(H,9,10,11). The number of nitrogens with one attached hydrogen (secondary N) is 1. The summed E-state index contributed by atoms with van der Waals surface area (Å²) >= 11 is 3.05. The molecule has 2 aliphatic rings. The number of amidine groups is 1. The topological polar surface area (TPSA) is 66.2 Å². The van der Waals surface area contributed by atoms with Crippen LogP contribution in [0.3, 0.4) is 0 Å². The number of hydrogen-bond acceptors (Lipinski definition) is 4. The van der Waals surface area contributed by atoms with Crippen molar-refractivity contribution in [1.82, 2.24) is 5.32 Å². The second-order valence-electron chi connectivity index (χ2n) is 2.03. The Balaban J connectivity index is 2.42. The molecule has 0 saturated carbocycles. The summed E-state index contributed by atoms with van der Waals surface area (Å²) in [7, 11) is 0. The summed E-state index contributed by atoms with van der Waals surface area (Å²) < 4.78 is 0.408. The van der Waals surface area contributed by atoms with E-state index < -0.39 is 6.17 Å². The second kappa shape index (κ2) is 2.23. The third-order valence-electron chi connectivity index (χ3n) is 1.33. The third kappa shape index (κ3) is 0.988. The SMILES string of the molecule is O=C1NC(Br)=NC2N=CN=C12. The lowest BCUT2D eigenvalue weighted by molar-refractivity contribution is -0.113. The molecule has 0 aromatic rings. The summed E-state index contributed by atoms with van der Waals surface area (Å²) in [6, 6.07) is 0. The molecule has 2 heterocycles. The summed E-state index contributed by atoms with van der Waals surface area (Å²) in [6.07, 6.45) is 0.910. The van der Waals surface area contributed by atoms with Gasteiger partial charge in [-0.1, -0.05) is 0 Å². The quantitative estimate of drug-likeness (QED) is 0.552. The van der Waals surface area contributed by atoms with E-state index in [1.54, 1.807) is 0 Å². The molecule has 56 valence electrons. The smallest absolute Gasteiger partial charge is 0.275 e. The van der Waals surface area contributed by atoms with Gasteiger partial charge < -0.3 is 0 Å². The molecule has 1 unspecified atom stereocenters. The summed E-state index contributed by atoms with van der Waals surface area (Å²) in [5.74, 6) is -0.241. The van der Waals surface area contributed by atoms with Crippen LogP contribution in [0, 0.1) is 0 Å². The predicted octanol–water partition coefficient (Wildman–Crippen LogP) is -0.324. The highest BCUT2D eigenvalue weighted by Gasteiger charge is 2.29. The van der Waals surface area contributed by atoms with E-state index in [2.05, 4.69) is 36.2 Å². The molecule has 2 rings (SSSR count). The number of hydrogen-bond donors (Lipinski definition) is 1. The zero-order chi connectivity index (χ0) is 7.84. The zero-order valence-corrected chi connectivity index (χ0v) is 6.87. The van der Waals surface area contributed by atoms with Crippen molar-refractivity contribution in [2.45, 2.75) is 6.17 Å². The van der Waals surface area contributed by atoms with Gasteiger partial charge in [0.25, 0.3) is 5.91 Å². The van der Waals surface area contributed by atoms with E-state index in [1.807, 2.05) is 0 Å². The molecule has 6 heteroatoms. The minimum atomic E-state index is -0.432. The first kappa shape index (κ1) is 6.66. The number of rotatable bonds is 0. The van der Waals surface area contributed by atoms with E-state index in [1.165, 1.54) is 6.34 Å². The summed E-state index contributed by atoms with van der Waals surface area (Å²) in [4.78, 5) is 22.6. The first-order chi connectivity index (χ1) is 5.27. The van der Waals surface area contributed by atoms with Gasteiger partial charge in [-0.25, -0.2) is 15.0 Å². The highest BCUT2D eigenvalue weighted by atomic mass is 79.9. The van der Waals surface area contributed by atoms with Gasteiger partial charge in [0.15, 0.2) is 16.6 Å². The molecule has 1 amide bonds. The molecule has 0 radical (unpaired) electrons. The van der Waals surface area contributed by atoms with Crippen LogP contribution in [0.5, 0.6) is 0 Å². The maximum Gasteiger partial charge on any atom is 0.275 e. The van der Waals surface area contributed by atoms with Crippen LogP contribution in [0.25, 0.3) is 0 Å². The van der Waals surface area contributed by atoms with E-state index in [-0.39, 0.29) is 5.91 Å². The molecule has 0 aromatic carbocycles. The molecule has 1 N–H and O–H groups in total. The van der Waals surface area contributed by atoms with Crippen molar-refractivity contribution in [3.05, 3.63) is 0 Å². The second-order valence-corrected chi connectivity index (χ2v) is 2.78. The highest BCUT2D eigenvalue weighted by Crippen LogP contribution is 2.09. The van der Waals surface area contributed by atoms with Gasteiger partial charge in [0.2, 0.25) is 0 Å². The van der Waals surface area contributed by atoms with Gasteiger partial charge in [-0.2, -0.15) is 0 Å². The molecule has 1 atom stereocenters. The summed E-state index contributed by atoms with van der Waals surface area (Å²) in [5, 5.41) is 2.47. The van der Waals surface area contributed by atoms with Gasteiger partial charge in [-0.05, 0) is 15.9 Å². The first-order valence-corrected chi connectivity index (χ1v) is 3.70. The van der Waals surface area contributed by atoms with Crippen LogP contribution in [0.15, 0.2) is 15.0 Å². The number of aliphatic imine (C=N–C) groups is 3. The lowest BCUT2D eigenvalue weighted by Gasteiger charge is -2.12. The molecule has 0 fully saturated rings. The highest BCUT2D eigenvalue weighted by molar-refractivity contribution is 9.18. The molecular formula is C5H3BrN4O. The molecule has 0 aromatic heterocycles. The average molecular weight is 215 g/mol. The molecule has 0 aliphatic carbocycles. The predicted molar refractivity (Wildman–Crippen MR) is 44.2 cm³/mol. The lowest BCUT2D eigenvalue weighted by Crippen LogP contribution is -2.42. The molecule has 2 aliphatic heterocycles. The zero-order valence-electron chi connectivity index (χ0n) is 5.28. The van der Waals surface area contributed by atoms with Crippen molar-refractivity contribution in [3.63, 3.8) is 0 Å². The maximum absolute atomic E-state index is 11.1. The van der Waals surface area contributed by atoms with Gasteiger partial charge in [0.1, 0.15) is 6.34 Å². The lowest BCUT2D eigenvalue weighted by atomic mass is 10.3. The van der Waals surface area contributed by atoms with E-state index in [4.69, 9.17) is 0 Å². The van der Waals surface area contributed by atoms with Gasteiger partial charge >= 0.3 is 0 Å². The normalized spacial score (nSPS) is 27.4. The van der Waals surface area contributed by atoms with Crippen LogP contribution >= 0.6 is 15.9 Å². The van der Waals surface area contributed by atoms with Crippen LogP contribution < -0.4 is 5.32 Å². The number of carbonyl (C=O) groups is 1. The van der Waals surface area contributed by atoms with Crippen LogP contribution in [0.4, 0.5) is 0 Å². The maximum atomic E-state index is 11.1. The van der Waals surface area contributed by atoms with Crippen LogP contribution in [-0.4, -0.2) is 28.9 Å². The van der Waals surface area contributed by atoms with Crippen molar-refractivity contribution in [1.29, 1.82) is 0 Å². The fourth-order valence-corrected chi connectivity index (χ4v) is 1.24. The van der Waals surface area contributed by atoms with Crippen molar-refractivity contribution >= 4 is 38.6 Å². The fourth-order valence-electron chi connectivity index (χ4n) is 0.864. The van der Waals surface area contributed by atoms with E-state index >= 15 is 0 Å². The Morgan fingerprint density at radius 3 is 3.27 bits per heavy atom. The Labute approximate surface area is 70.5 Å². The summed E-state index contributed by atoms with van der Waals surface area (Å²) in [5.41, 5.74) is 0.355. The third-order valence-corrected chi connectivity index (χ3v) is 1.74. The molecular weight excluding hydrogens is 212 g/mol. The Hall–Kier alpha value is -1.04. The first-order valence-electron chi connectivity index (χ1n) is 2.91. The number of amides is 1. The Morgan fingerprint density at radius 2 is 2.45 bits per heavy atom. The van der Waals surface area contributed by atoms with Gasteiger partial charge in [-0.15, -0.1) is 0 Å². The van der Waals surface area contributed by atoms with E-state index in [0.717, 1.165) is 0 Å². The van der Waals surface area contributed by atoms with Gasteiger partial charge in [0.05, 0.1) is 0 Å². The van der Waals surface area contributed by atoms with Gasteiger partial charge in [0, 0.05) is 0 Å². The average Bonchev–Trinajstić information content (AvgIpc) is 2.34. The van der Waals surface area contributed by atoms with E-state index in [0.29, 0.717) is 10.5 Å². The molecule has 5 nitrogen and oxygen atoms in total. The Bertz CT molecular complexity index is 306. The molecule has 0 saturated heterocycles. The minimum absolute atomic E-state index is 0.241. The summed E-state index contributed by atoms with van der Waals surface area (Å²) in [6.45, 7) is 0. The van der Waals surface area contributed by atoms with Crippen LogP contribution in [0.2, 0.25) is 0 Å². The molecule has 11 heavy (non-hydrogen) atoms. The fraction of sp³-hybridized carbons (Fsp3) is 0.200. The minimum Gasteiger partial charge on any atom is -0.300 e. The number of carbonyl (C=O) groups excluding carboxylic acids is 1. The molecule has 0 spiro atoms. The number of halogens is 1. The largest absolute Gasteiger partial charge is 0.300 e. The number of fused-ring (bicyclic) bond motifs is 1. The van der Waals surface area contributed by atoms with Crippen molar-refractivity contribution in [3.8, 4) is 0 Å².